The van der Waals surface area contributed by atoms with E-state index in [0.29, 0.717) is 0 Å². The van der Waals surface area contributed by atoms with Crippen LogP contribution in [-0.2, 0) is 0 Å². The Hall–Kier alpha value is -1.57. The van der Waals surface area contributed by atoms with Gasteiger partial charge in [0.05, 0.1) is 12.0 Å². The van der Waals surface area contributed by atoms with E-state index >= 15 is 0 Å². The van der Waals surface area contributed by atoms with Crippen LogP contribution in [0.15, 0.2) is 6.33 Å². The van der Waals surface area contributed by atoms with Gasteiger partial charge in [-0.25, -0.2) is 4.98 Å². The first-order valence-electron chi connectivity index (χ1n) is 5.47. The lowest BCUT2D eigenvalue weighted by atomic mass is 10.3. The molecule has 0 aliphatic carbocycles. The van der Waals surface area contributed by atoms with E-state index in [0.717, 1.165) is 11.5 Å². The van der Waals surface area contributed by atoms with Crippen LogP contribution in [0.3, 0.4) is 0 Å². The first kappa shape index (κ1) is 14.5. The van der Waals surface area contributed by atoms with Gasteiger partial charge in [0.15, 0.2) is 0 Å². The predicted molar refractivity (Wildman–Crippen MR) is 71.3 cm³/mol. The van der Waals surface area contributed by atoms with Crippen molar-refractivity contribution in [3.05, 3.63) is 16.4 Å². The SMILES string of the molecule is CCSCC(C)Nc1ncnc(OC)c1[N+](=O)[O-]. The molecule has 1 heterocycles. The van der Waals surface area contributed by atoms with Gasteiger partial charge in [0.25, 0.3) is 5.88 Å². The summed E-state index contributed by atoms with van der Waals surface area (Å²) in [7, 11) is 1.34. The van der Waals surface area contributed by atoms with Crippen LogP contribution in [0.1, 0.15) is 13.8 Å². The summed E-state index contributed by atoms with van der Waals surface area (Å²) in [4.78, 5) is 18.1. The van der Waals surface area contributed by atoms with Gasteiger partial charge in [-0.05, 0) is 12.7 Å². The van der Waals surface area contributed by atoms with Crippen LogP contribution in [0.5, 0.6) is 5.88 Å². The third kappa shape index (κ3) is 3.73. The average Bonchev–Trinajstić information content (AvgIpc) is 2.35. The van der Waals surface area contributed by atoms with E-state index in [-0.39, 0.29) is 23.4 Å². The molecule has 1 rings (SSSR count). The molecule has 0 aromatic carbocycles. The van der Waals surface area contributed by atoms with E-state index in [4.69, 9.17) is 4.74 Å². The lowest BCUT2D eigenvalue weighted by Crippen LogP contribution is -2.20. The molecule has 1 aromatic heterocycles. The molecule has 0 aliphatic heterocycles. The monoisotopic (exact) mass is 272 g/mol. The molecule has 1 unspecified atom stereocenters. The van der Waals surface area contributed by atoms with Crippen LogP contribution < -0.4 is 10.1 Å². The third-order valence-corrected chi connectivity index (χ3v) is 3.26. The minimum atomic E-state index is -0.541. The molecule has 8 heteroatoms. The number of hydrogen-bond donors (Lipinski definition) is 1. The first-order valence-corrected chi connectivity index (χ1v) is 6.63. The van der Waals surface area contributed by atoms with Gasteiger partial charge in [-0.2, -0.15) is 16.7 Å². The van der Waals surface area contributed by atoms with Crippen molar-refractivity contribution in [2.24, 2.45) is 0 Å². The molecule has 0 spiro atoms. The van der Waals surface area contributed by atoms with Crippen molar-refractivity contribution in [2.75, 3.05) is 23.9 Å². The minimum absolute atomic E-state index is 0.0344. The molecule has 0 saturated heterocycles. The van der Waals surface area contributed by atoms with Crippen LogP contribution in [0.2, 0.25) is 0 Å². The summed E-state index contributed by atoms with van der Waals surface area (Å²) in [5, 5.41) is 14.0. The molecule has 1 atom stereocenters. The number of aromatic nitrogens is 2. The van der Waals surface area contributed by atoms with Gasteiger partial charge in [0.1, 0.15) is 6.33 Å². The molecule has 0 fully saturated rings. The number of ether oxygens (including phenoxy) is 1. The highest BCUT2D eigenvalue weighted by Crippen LogP contribution is 2.30. The maximum absolute atomic E-state index is 11.0. The molecule has 0 bridgehead atoms. The van der Waals surface area contributed by atoms with Crippen molar-refractivity contribution in [1.29, 1.82) is 0 Å². The number of methoxy groups -OCH3 is 1. The Kier molecular flexibility index (Phi) is 5.63. The summed E-state index contributed by atoms with van der Waals surface area (Å²) in [5.74, 6) is 2.00. The molecule has 18 heavy (non-hydrogen) atoms. The normalized spacial score (nSPS) is 11.9. The molecule has 0 aliphatic rings. The number of nitro groups is 1. The van der Waals surface area contributed by atoms with Crippen molar-refractivity contribution in [3.63, 3.8) is 0 Å². The van der Waals surface area contributed by atoms with Gasteiger partial charge in [0.2, 0.25) is 5.82 Å². The van der Waals surface area contributed by atoms with Crippen LogP contribution >= 0.6 is 11.8 Å². The Balaban J connectivity index is 2.90. The van der Waals surface area contributed by atoms with Crippen LogP contribution in [-0.4, -0.2) is 39.5 Å². The second-order valence-corrected chi connectivity index (χ2v) is 4.86. The average molecular weight is 272 g/mol. The predicted octanol–water partition coefficient (Wildman–Crippen LogP) is 1.95. The topological polar surface area (TPSA) is 90.2 Å². The Labute approximate surface area is 109 Å². The van der Waals surface area contributed by atoms with Crippen molar-refractivity contribution in [2.45, 2.75) is 19.9 Å². The van der Waals surface area contributed by atoms with E-state index in [9.17, 15) is 10.1 Å². The number of thioether (sulfide) groups is 1. The maximum Gasteiger partial charge on any atom is 0.372 e. The quantitative estimate of drug-likeness (QED) is 0.599. The van der Waals surface area contributed by atoms with Gasteiger partial charge in [-0.3, -0.25) is 10.1 Å². The molecule has 1 N–H and O–H groups in total. The Morgan fingerprint density at radius 3 is 2.89 bits per heavy atom. The van der Waals surface area contributed by atoms with Crippen molar-refractivity contribution in [1.82, 2.24) is 9.97 Å². The zero-order valence-corrected chi connectivity index (χ0v) is 11.4. The van der Waals surface area contributed by atoms with Crippen molar-refractivity contribution in [3.8, 4) is 5.88 Å². The van der Waals surface area contributed by atoms with E-state index in [1.54, 1.807) is 11.8 Å². The van der Waals surface area contributed by atoms with E-state index in [2.05, 4.69) is 22.2 Å². The Bertz CT molecular complexity index is 416. The summed E-state index contributed by atoms with van der Waals surface area (Å²) in [6.45, 7) is 4.01. The summed E-state index contributed by atoms with van der Waals surface area (Å²) in [6, 6.07) is 0.0771. The van der Waals surface area contributed by atoms with Gasteiger partial charge in [0, 0.05) is 11.8 Å². The number of nitrogens with one attached hydrogen (secondary N) is 1. The van der Waals surface area contributed by atoms with Crippen LogP contribution in [0, 0.1) is 10.1 Å². The summed E-state index contributed by atoms with van der Waals surface area (Å²) in [5.41, 5.74) is -0.228. The summed E-state index contributed by atoms with van der Waals surface area (Å²) >= 11 is 1.75. The van der Waals surface area contributed by atoms with E-state index < -0.39 is 4.92 Å². The third-order valence-electron chi connectivity index (χ3n) is 2.12. The fourth-order valence-corrected chi connectivity index (χ4v) is 2.02. The summed E-state index contributed by atoms with van der Waals surface area (Å²) in [6.07, 6.45) is 1.24. The van der Waals surface area contributed by atoms with Gasteiger partial charge in [-0.15, -0.1) is 0 Å². The molecular formula is C10H16N4O3S. The largest absolute Gasteiger partial charge is 0.476 e. The summed E-state index contributed by atoms with van der Waals surface area (Å²) < 4.78 is 4.87. The lowest BCUT2D eigenvalue weighted by Gasteiger charge is -2.13. The molecule has 1 aromatic rings. The number of nitrogens with zero attached hydrogens (tertiary/aromatic N) is 3. The van der Waals surface area contributed by atoms with Crippen molar-refractivity contribution >= 4 is 23.3 Å². The minimum Gasteiger partial charge on any atom is -0.476 e. The van der Waals surface area contributed by atoms with E-state index in [1.165, 1.54) is 13.4 Å². The molecule has 0 radical (unpaired) electrons. The molecule has 7 nitrogen and oxygen atoms in total. The van der Waals surface area contributed by atoms with Gasteiger partial charge in [-0.1, -0.05) is 6.92 Å². The first-order chi connectivity index (χ1) is 8.60. The highest BCUT2D eigenvalue weighted by Gasteiger charge is 2.24. The van der Waals surface area contributed by atoms with Gasteiger partial charge < -0.3 is 10.1 Å². The maximum atomic E-state index is 11.0. The Morgan fingerprint density at radius 1 is 1.61 bits per heavy atom. The second-order valence-electron chi connectivity index (χ2n) is 3.54. The standard InChI is InChI=1S/C10H16N4O3S/c1-4-18-5-7(2)13-9-8(14(15)16)10(17-3)12-6-11-9/h6-7H,4-5H2,1-3H3,(H,11,12,13). The lowest BCUT2D eigenvalue weighted by molar-refractivity contribution is -0.385. The van der Waals surface area contributed by atoms with Crippen LogP contribution in [0.25, 0.3) is 0 Å². The molecule has 0 amide bonds. The number of anilines is 1. The fourth-order valence-electron chi connectivity index (χ4n) is 1.35. The highest BCUT2D eigenvalue weighted by atomic mass is 32.2. The van der Waals surface area contributed by atoms with E-state index in [1.807, 2.05) is 6.92 Å². The number of rotatable bonds is 7. The van der Waals surface area contributed by atoms with Crippen LogP contribution in [0.4, 0.5) is 11.5 Å². The zero-order chi connectivity index (χ0) is 13.5. The van der Waals surface area contributed by atoms with Gasteiger partial charge >= 0.3 is 5.69 Å². The smallest absolute Gasteiger partial charge is 0.372 e. The second kappa shape index (κ2) is 7.00. The Morgan fingerprint density at radius 2 is 2.33 bits per heavy atom. The molecule has 0 saturated carbocycles. The van der Waals surface area contributed by atoms with Crippen molar-refractivity contribution < 1.29 is 9.66 Å². The highest BCUT2D eigenvalue weighted by molar-refractivity contribution is 7.99. The molecular weight excluding hydrogens is 256 g/mol. The fraction of sp³-hybridized carbons (Fsp3) is 0.600. The number of hydrogen-bond acceptors (Lipinski definition) is 7. The zero-order valence-electron chi connectivity index (χ0n) is 10.5. The molecule has 100 valence electrons.